The Balaban J connectivity index is 2.51. The van der Waals surface area contributed by atoms with E-state index >= 15 is 0 Å². The lowest BCUT2D eigenvalue weighted by molar-refractivity contribution is 0.200. The molecule has 1 heterocycles. The van der Waals surface area contributed by atoms with Crippen molar-refractivity contribution in [2.75, 3.05) is 6.61 Å². The van der Waals surface area contributed by atoms with Crippen LogP contribution >= 0.6 is 11.3 Å². The molecule has 0 fully saturated rings. The highest BCUT2D eigenvalue weighted by Crippen LogP contribution is 2.25. The van der Waals surface area contributed by atoms with Gasteiger partial charge in [-0.25, -0.2) is 9.78 Å². The fraction of sp³-hybridized carbons (Fsp3) is 0.733. The third-order valence-corrected chi connectivity index (χ3v) is 4.80. The first-order chi connectivity index (χ1) is 9.70. The van der Waals surface area contributed by atoms with E-state index in [9.17, 15) is 4.79 Å². The van der Waals surface area contributed by atoms with Crippen LogP contribution in [0.1, 0.15) is 58.2 Å². The molecule has 0 saturated carbocycles. The molecule has 120 valence electrons. The molecule has 21 heavy (non-hydrogen) atoms. The summed E-state index contributed by atoms with van der Waals surface area (Å²) < 4.78 is 0. The van der Waals surface area contributed by atoms with Gasteiger partial charge in [0, 0.05) is 22.9 Å². The fourth-order valence-electron chi connectivity index (χ4n) is 1.80. The zero-order valence-corrected chi connectivity index (χ0v) is 14.4. The second kappa shape index (κ2) is 7.22. The Morgan fingerprint density at radius 3 is 2.52 bits per heavy atom. The van der Waals surface area contributed by atoms with Crippen molar-refractivity contribution in [3.8, 4) is 0 Å². The van der Waals surface area contributed by atoms with Crippen molar-refractivity contribution in [2.45, 2.75) is 65.0 Å². The molecule has 0 aliphatic rings. The Morgan fingerprint density at radius 1 is 1.38 bits per heavy atom. The van der Waals surface area contributed by atoms with Gasteiger partial charge >= 0.3 is 6.03 Å². The Bertz CT molecular complexity index is 468. The number of aliphatic hydroxyl groups is 1. The van der Waals surface area contributed by atoms with Crippen molar-refractivity contribution in [1.82, 2.24) is 15.6 Å². The number of hydrogen-bond acceptors (Lipinski definition) is 4. The summed E-state index contributed by atoms with van der Waals surface area (Å²) in [6.45, 7) is 10.8. The van der Waals surface area contributed by atoms with Crippen molar-refractivity contribution >= 4 is 17.4 Å². The van der Waals surface area contributed by atoms with Crippen LogP contribution in [0.4, 0.5) is 4.79 Å². The van der Waals surface area contributed by atoms with E-state index < -0.39 is 0 Å². The molecule has 1 aromatic heterocycles. The number of nitrogens with zero attached hydrogens (tertiary/aromatic N) is 1. The average molecular weight is 313 g/mol. The molecule has 1 unspecified atom stereocenters. The Kier molecular flexibility index (Phi) is 6.16. The number of carbonyl (C=O) groups is 1. The van der Waals surface area contributed by atoms with Crippen LogP contribution in [-0.2, 0) is 12.0 Å². The van der Waals surface area contributed by atoms with Gasteiger partial charge in [0.25, 0.3) is 0 Å². The Hall–Kier alpha value is -1.14. The largest absolute Gasteiger partial charge is 0.396 e. The molecule has 0 bridgehead atoms. The van der Waals surface area contributed by atoms with Gasteiger partial charge < -0.3 is 15.7 Å². The number of aliphatic hydroxyl groups excluding tert-OH is 1. The maximum Gasteiger partial charge on any atom is 0.315 e. The van der Waals surface area contributed by atoms with Crippen LogP contribution in [-0.4, -0.2) is 28.3 Å². The Morgan fingerprint density at radius 2 is 2.05 bits per heavy atom. The molecule has 0 aliphatic heterocycles. The van der Waals surface area contributed by atoms with E-state index in [-0.39, 0.29) is 23.6 Å². The van der Waals surface area contributed by atoms with E-state index in [4.69, 9.17) is 5.11 Å². The van der Waals surface area contributed by atoms with E-state index in [0.29, 0.717) is 13.0 Å². The van der Waals surface area contributed by atoms with Gasteiger partial charge in [-0.2, -0.15) is 0 Å². The van der Waals surface area contributed by atoms with Crippen LogP contribution in [0.2, 0.25) is 0 Å². The van der Waals surface area contributed by atoms with Gasteiger partial charge in [-0.1, -0.05) is 27.7 Å². The number of amides is 2. The molecule has 2 amide bonds. The van der Waals surface area contributed by atoms with Crippen LogP contribution in [0.15, 0.2) is 5.38 Å². The predicted molar refractivity (Wildman–Crippen MR) is 86.6 cm³/mol. The molecule has 1 rings (SSSR count). The zero-order chi connectivity index (χ0) is 16.1. The number of hydrogen-bond donors (Lipinski definition) is 3. The molecule has 6 heteroatoms. The van der Waals surface area contributed by atoms with Crippen LogP contribution < -0.4 is 10.6 Å². The summed E-state index contributed by atoms with van der Waals surface area (Å²) in [6, 6.07) is -0.224. The van der Waals surface area contributed by atoms with Gasteiger partial charge in [0.1, 0.15) is 0 Å². The molecule has 3 N–H and O–H groups in total. The number of aromatic nitrogens is 1. The minimum absolute atomic E-state index is 0.0348. The first kappa shape index (κ1) is 17.9. The number of nitrogens with one attached hydrogen (secondary N) is 2. The van der Waals surface area contributed by atoms with Crippen molar-refractivity contribution in [2.24, 2.45) is 0 Å². The van der Waals surface area contributed by atoms with E-state index in [2.05, 4.69) is 36.4 Å². The third-order valence-electron chi connectivity index (χ3n) is 3.48. The summed E-state index contributed by atoms with van der Waals surface area (Å²) in [5.74, 6) is 0. The van der Waals surface area contributed by atoms with Crippen LogP contribution in [0, 0.1) is 0 Å². The maximum atomic E-state index is 11.9. The molecular formula is C15H27N3O2S. The minimum atomic E-state index is -0.378. The number of carbonyl (C=O) groups excluding carboxylic acids is 1. The highest BCUT2D eigenvalue weighted by Gasteiger charge is 2.23. The molecule has 0 aliphatic carbocycles. The van der Waals surface area contributed by atoms with E-state index in [0.717, 1.165) is 17.1 Å². The SMILES string of the molecule is CCC(C)(CCO)NC(=O)NCc1csc(C(C)(C)C)n1. The second-order valence-electron chi connectivity index (χ2n) is 6.59. The van der Waals surface area contributed by atoms with Gasteiger partial charge in [0.2, 0.25) is 0 Å². The molecule has 0 aromatic carbocycles. The molecule has 1 atom stereocenters. The lowest BCUT2D eigenvalue weighted by Gasteiger charge is -2.28. The van der Waals surface area contributed by atoms with Crippen molar-refractivity contribution in [3.63, 3.8) is 0 Å². The number of urea groups is 1. The quantitative estimate of drug-likeness (QED) is 0.756. The molecule has 1 aromatic rings. The third kappa shape index (κ3) is 5.63. The first-order valence-electron chi connectivity index (χ1n) is 7.32. The minimum Gasteiger partial charge on any atom is -0.396 e. The monoisotopic (exact) mass is 313 g/mol. The summed E-state index contributed by atoms with van der Waals surface area (Å²) in [7, 11) is 0. The van der Waals surface area contributed by atoms with Gasteiger partial charge in [0.05, 0.1) is 17.2 Å². The number of rotatable bonds is 6. The van der Waals surface area contributed by atoms with E-state index in [1.54, 1.807) is 11.3 Å². The zero-order valence-electron chi connectivity index (χ0n) is 13.6. The van der Waals surface area contributed by atoms with E-state index in [1.165, 1.54) is 0 Å². The smallest absolute Gasteiger partial charge is 0.315 e. The average Bonchev–Trinajstić information content (AvgIpc) is 2.85. The lowest BCUT2D eigenvalue weighted by atomic mass is 9.95. The van der Waals surface area contributed by atoms with Gasteiger partial charge in [-0.3, -0.25) is 0 Å². The summed E-state index contributed by atoms with van der Waals surface area (Å²) in [4.78, 5) is 16.5. The van der Waals surface area contributed by atoms with Crippen molar-refractivity contribution < 1.29 is 9.90 Å². The molecule has 0 saturated heterocycles. The van der Waals surface area contributed by atoms with E-state index in [1.807, 2.05) is 19.2 Å². The number of thiazole rings is 1. The Labute approximate surface area is 131 Å². The molecule has 5 nitrogen and oxygen atoms in total. The standard InChI is InChI=1S/C15H27N3O2S/c1-6-15(5,7-8-19)18-13(20)16-9-11-10-21-12(17-11)14(2,3)4/h10,19H,6-9H2,1-5H3,(H2,16,18,20). The van der Waals surface area contributed by atoms with Gasteiger partial charge in [-0.05, 0) is 19.8 Å². The van der Waals surface area contributed by atoms with Crippen LogP contribution in [0.25, 0.3) is 0 Å². The summed E-state index contributed by atoms with van der Waals surface area (Å²) in [5.41, 5.74) is 0.533. The van der Waals surface area contributed by atoms with Crippen molar-refractivity contribution in [3.05, 3.63) is 16.1 Å². The normalized spacial score (nSPS) is 14.6. The van der Waals surface area contributed by atoms with Crippen LogP contribution in [0.5, 0.6) is 0 Å². The van der Waals surface area contributed by atoms with Crippen LogP contribution in [0.3, 0.4) is 0 Å². The first-order valence-corrected chi connectivity index (χ1v) is 8.20. The molecule has 0 radical (unpaired) electrons. The van der Waals surface area contributed by atoms with Gasteiger partial charge in [-0.15, -0.1) is 11.3 Å². The summed E-state index contributed by atoms with van der Waals surface area (Å²) in [6.07, 6.45) is 1.31. The highest BCUT2D eigenvalue weighted by atomic mass is 32.1. The summed E-state index contributed by atoms with van der Waals surface area (Å²) >= 11 is 1.62. The lowest BCUT2D eigenvalue weighted by Crippen LogP contribution is -2.50. The molecule has 0 spiro atoms. The second-order valence-corrected chi connectivity index (χ2v) is 7.45. The fourth-order valence-corrected chi connectivity index (χ4v) is 2.70. The topological polar surface area (TPSA) is 74.2 Å². The van der Waals surface area contributed by atoms with Crippen molar-refractivity contribution in [1.29, 1.82) is 0 Å². The molecular weight excluding hydrogens is 286 g/mol. The predicted octanol–water partition coefficient (Wildman–Crippen LogP) is 2.79. The van der Waals surface area contributed by atoms with Gasteiger partial charge in [0.15, 0.2) is 0 Å². The maximum absolute atomic E-state index is 11.9. The summed E-state index contributed by atoms with van der Waals surface area (Å²) in [5, 5.41) is 17.8. The highest BCUT2D eigenvalue weighted by molar-refractivity contribution is 7.09.